The van der Waals surface area contributed by atoms with Crippen LogP contribution in [-0.4, -0.2) is 65.9 Å². The first-order valence-corrected chi connectivity index (χ1v) is 7.69. The van der Waals surface area contributed by atoms with Crippen molar-refractivity contribution in [3.05, 3.63) is 29.8 Å². The number of hydrogen-bond acceptors (Lipinski definition) is 4. The molecule has 1 fully saturated rings. The summed E-state index contributed by atoms with van der Waals surface area (Å²) in [6.45, 7) is 2.34. The molecule has 0 bridgehead atoms. The van der Waals surface area contributed by atoms with Crippen molar-refractivity contribution in [3.8, 4) is 0 Å². The fourth-order valence-electron chi connectivity index (χ4n) is 2.60. The van der Waals surface area contributed by atoms with Crippen LogP contribution in [0.5, 0.6) is 0 Å². The van der Waals surface area contributed by atoms with Crippen LogP contribution in [0.2, 0.25) is 0 Å². The number of benzene rings is 1. The van der Waals surface area contributed by atoms with Crippen LogP contribution in [-0.2, 0) is 4.79 Å². The summed E-state index contributed by atoms with van der Waals surface area (Å²) in [7, 11) is 0. The van der Waals surface area contributed by atoms with Gasteiger partial charge < -0.3 is 25.3 Å². The molecule has 1 unspecified atom stereocenters. The lowest BCUT2D eigenvalue weighted by Crippen LogP contribution is -2.47. The number of aliphatic hydroxyl groups is 2. The van der Waals surface area contributed by atoms with Gasteiger partial charge in [0.1, 0.15) is 0 Å². The monoisotopic (exact) mass is 321 g/mol. The van der Waals surface area contributed by atoms with Crippen LogP contribution >= 0.6 is 0 Å². The highest BCUT2D eigenvalue weighted by Gasteiger charge is 2.32. The zero-order valence-electron chi connectivity index (χ0n) is 13.2. The average Bonchev–Trinajstić information content (AvgIpc) is 2.88. The lowest BCUT2D eigenvalue weighted by atomic mass is 10.2. The van der Waals surface area contributed by atoms with Crippen LogP contribution in [0.4, 0.5) is 10.5 Å². The summed E-state index contributed by atoms with van der Waals surface area (Å²) < 4.78 is 0. The maximum absolute atomic E-state index is 12.2. The average molecular weight is 321 g/mol. The second-order valence-corrected chi connectivity index (χ2v) is 5.62. The van der Waals surface area contributed by atoms with Gasteiger partial charge >= 0.3 is 6.03 Å². The molecule has 1 atom stereocenters. The zero-order valence-corrected chi connectivity index (χ0v) is 13.2. The fraction of sp³-hybridized carbons (Fsp3) is 0.500. The van der Waals surface area contributed by atoms with E-state index in [-0.39, 0.29) is 50.7 Å². The topological polar surface area (TPSA) is 93.1 Å². The van der Waals surface area contributed by atoms with Gasteiger partial charge in [-0.1, -0.05) is 17.7 Å². The van der Waals surface area contributed by atoms with Crippen molar-refractivity contribution in [2.24, 2.45) is 0 Å². The minimum absolute atomic E-state index is 0.0324. The molecule has 1 saturated heterocycles. The van der Waals surface area contributed by atoms with Crippen molar-refractivity contribution in [2.45, 2.75) is 19.4 Å². The predicted octanol–water partition coefficient (Wildman–Crippen LogP) is 0.0965. The molecule has 0 aliphatic carbocycles. The lowest BCUT2D eigenvalue weighted by molar-refractivity contribution is -0.117. The van der Waals surface area contributed by atoms with Crippen LogP contribution in [0.1, 0.15) is 12.0 Å². The van der Waals surface area contributed by atoms with E-state index in [2.05, 4.69) is 5.32 Å². The molecule has 0 saturated carbocycles. The number of carbonyl (C=O) groups is 2. The van der Waals surface area contributed by atoms with Crippen LogP contribution in [0, 0.1) is 6.92 Å². The third-order valence-corrected chi connectivity index (χ3v) is 3.83. The van der Waals surface area contributed by atoms with Crippen molar-refractivity contribution < 1.29 is 19.8 Å². The molecule has 1 aromatic rings. The van der Waals surface area contributed by atoms with E-state index in [1.165, 1.54) is 4.90 Å². The Hall–Kier alpha value is -2.12. The summed E-state index contributed by atoms with van der Waals surface area (Å²) in [4.78, 5) is 27.3. The number of hydrogen-bond donors (Lipinski definition) is 3. The normalized spacial score (nSPS) is 17.4. The van der Waals surface area contributed by atoms with E-state index in [0.717, 1.165) is 11.3 Å². The third kappa shape index (κ3) is 4.43. The molecule has 1 heterocycles. The minimum Gasteiger partial charge on any atom is -0.395 e. The van der Waals surface area contributed by atoms with E-state index >= 15 is 0 Å². The molecular weight excluding hydrogens is 298 g/mol. The molecular formula is C16H23N3O4. The molecule has 1 aromatic carbocycles. The minimum atomic E-state index is -0.378. The van der Waals surface area contributed by atoms with Gasteiger partial charge in [0.25, 0.3) is 0 Å². The van der Waals surface area contributed by atoms with Crippen LogP contribution in [0.25, 0.3) is 0 Å². The van der Waals surface area contributed by atoms with E-state index < -0.39 is 0 Å². The lowest BCUT2D eigenvalue weighted by Gasteiger charge is -2.23. The van der Waals surface area contributed by atoms with Gasteiger partial charge in [-0.2, -0.15) is 0 Å². The Bertz CT molecular complexity index is 541. The molecule has 0 spiro atoms. The molecule has 3 N–H and O–H groups in total. The summed E-state index contributed by atoms with van der Waals surface area (Å²) in [5.74, 6) is -0.0324. The molecule has 126 valence electrons. The van der Waals surface area contributed by atoms with Gasteiger partial charge in [0.2, 0.25) is 5.91 Å². The number of nitrogens with zero attached hydrogens (tertiary/aromatic N) is 2. The summed E-state index contributed by atoms with van der Waals surface area (Å²) in [6.07, 6.45) is 0.242. The number of amides is 3. The molecule has 1 aliphatic rings. The molecule has 1 aliphatic heterocycles. The molecule has 7 heteroatoms. The molecule has 23 heavy (non-hydrogen) atoms. The Kier molecular flexibility index (Phi) is 5.95. The van der Waals surface area contributed by atoms with Gasteiger partial charge in [-0.05, 0) is 19.1 Å². The Balaban J connectivity index is 1.96. The fourth-order valence-corrected chi connectivity index (χ4v) is 2.60. The number of carbonyl (C=O) groups excluding carboxylic acids is 2. The summed E-state index contributed by atoms with van der Waals surface area (Å²) in [5, 5.41) is 20.7. The van der Waals surface area contributed by atoms with Gasteiger partial charge in [-0.25, -0.2) is 4.79 Å². The highest BCUT2D eigenvalue weighted by molar-refractivity contribution is 5.96. The van der Waals surface area contributed by atoms with E-state index in [0.29, 0.717) is 6.54 Å². The van der Waals surface area contributed by atoms with Gasteiger partial charge in [-0.15, -0.1) is 0 Å². The second kappa shape index (κ2) is 7.94. The molecule has 2 rings (SSSR count). The van der Waals surface area contributed by atoms with E-state index in [1.807, 2.05) is 31.2 Å². The highest BCUT2D eigenvalue weighted by atomic mass is 16.3. The highest BCUT2D eigenvalue weighted by Crippen LogP contribution is 2.22. The van der Waals surface area contributed by atoms with Crippen molar-refractivity contribution in [2.75, 3.05) is 37.7 Å². The third-order valence-electron chi connectivity index (χ3n) is 3.83. The number of urea groups is 1. The van der Waals surface area contributed by atoms with Gasteiger partial charge in [0.15, 0.2) is 0 Å². The summed E-state index contributed by atoms with van der Waals surface area (Å²) in [5.41, 5.74) is 1.94. The Labute approximate surface area is 135 Å². The SMILES string of the molecule is Cc1ccc(N2CC(NC(=O)N(CCO)CCO)CC2=O)cc1. The Morgan fingerprint density at radius 3 is 2.43 bits per heavy atom. The predicted molar refractivity (Wildman–Crippen MR) is 86.2 cm³/mol. The summed E-state index contributed by atoms with van der Waals surface area (Å²) in [6, 6.07) is 7.01. The van der Waals surface area contributed by atoms with Crippen LogP contribution in [0.15, 0.2) is 24.3 Å². The van der Waals surface area contributed by atoms with E-state index in [1.54, 1.807) is 4.90 Å². The number of rotatable bonds is 6. The van der Waals surface area contributed by atoms with E-state index in [9.17, 15) is 9.59 Å². The van der Waals surface area contributed by atoms with Crippen molar-refractivity contribution in [1.82, 2.24) is 10.2 Å². The first-order chi connectivity index (χ1) is 11.0. The molecule has 0 radical (unpaired) electrons. The van der Waals surface area contributed by atoms with Crippen molar-refractivity contribution in [1.29, 1.82) is 0 Å². The number of nitrogens with one attached hydrogen (secondary N) is 1. The van der Waals surface area contributed by atoms with Crippen molar-refractivity contribution in [3.63, 3.8) is 0 Å². The van der Waals surface area contributed by atoms with Gasteiger partial charge in [-0.3, -0.25) is 4.79 Å². The smallest absolute Gasteiger partial charge is 0.317 e. The van der Waals surface area contributed by atoms with Crippen LogP contribution in [0.3, 0.4) is 0 Å². The molecule has 0 aromatic heterocycles. The zero-order chi connectivity index (χ0) is 16.8. The van der Waals surface area contributed by atoms with Crippen molar-refractivity contribution >= 4 is 17.6 Å². The second-order valence-electron chi connectivity index (χ2n) is 5.62. The van der Waals surface area contributed by atoms with E-state index in [4.69, 9.17) is 10.2 Å². The Morgan fingerprint density at radius 2 is 1.87 bits per heavy atom. The Morgan fingerprint density at radius 1 is 1.26 bits per heavy atom. The summed E-state index contributed by atoms with van der Waals surface area (Å²) >= 11 is 0. The maximum Gasteiger partial charge on any atom is 0.317 e. The van der Waals surface area contributed by atoms with Gasteiger partial charge in [0.05, 0.1) is 19.3 Å². The largest absolute Gasteiger partial charge is 0.395 e. The molecule has 3 amide bonds. The first-order valence-electron chi connectivity index (χ1n) is 7.69. The van der Waals surface area contributed by atoms with Gasteiger partial charge in [0, 0.05) is 31.7 Å². The quantitative estimate of drug-likeness (QED) is 0.693. The maximum atomic E-state index is 12.2. The standard InChI is InChI=1S/C16H23N3O4/c1-12-2-4-14(5-3-12)19-11-13(10-15(19)22)17-16(23)18(6-8-20)7-9-21/h2-5,13,20-21H,6-11H2,1H3,(H,17,23). The van der Waals surface area contributed by atoms with Crippen LogP contribution < -0.4 is 10.2 Å². The first kappa shape index (κ1) is 17.2. The number of aryl methyl sites for hydroxylation is 1. The number of aliphatic hydroxyl groups excluding tert-OH is 2. The molecule has 7 nitrogen and oxygen atoms in total. The number of anilines is 1.